The molecule has 30 heteroatoms. The molecule has 7 amide bonds. The maximum absolute atomic E-state index is 14.6. The quantitative estimate of drug-likeness (QED) is 0.00939. The van der Waals surface area contributed by atoms with Crippen molar-refractivity contribution < 1.29 is 43.5 Å². The number of guanidine groups is 3. The molecule has 0 fully saturated rings. The van der Waals surface area contributed by atoms with Gasteiger partial charge >= 0.3 is 5.97 Å². The largest absolute Gasteiger partial charge is 0.480 e. The van der Waals surface area contributed by atoms with E-state index in [2.05, 4.69) is 99.3 Å². The number of rotatable bonds is 33. The van der Waals surface area contributed by atoms with Crippen molar-refractivity contribution in [3.8, 4) is 0 Å². The zero-order chi connectivity index (χ0) is 57.2. The molecule has 2 aromatic carbocycles. The third-order valence-electron chi connectivity index (χ3n) is 11.6. The third kappa shape index (κ3) is 22.8. The summed E-state index contributed by atoms with van der Waals surface area (Å²) in [7, 11) is 0. The molecule has 0 radical (unpaired) electrons. The zero-order valence-corrected chi connectivity index (χ0v) is 45.6. The number of alkyl halides is 1. The molecule has 0 saturated carbocycles. The molecule has 0 saturated heterocycles. The first kappa shape index (κ1) is 64.0. The number of thiol groups is 2. The van der Waals surface area contributed by atoms with Crippen LogP contribution in [0.15, 0.2) is 60.8 Å². The Morgan fingerprint density at radius 3 is 1.66 bits per heavy atom. The predicted octanol–water partition coefficient (Wildman–Crippen LogP) is -3.20. The molecular weight excluding hydrogens is 1100 g/mol. The van der Waals surface area contributed by atoms with Gasteiger partial charge in [-0.25, -0.2) is 4.79 Å². The lowest BCUT2D eigenvalue weighted by atomic mass is 10.0. The van der Waals surface area contributed by atoms with Gasteiger partial charge in [0, 0.05) is 65.9 Å². The van der Waals surface area contributed by atoms with Crippen molar-refractivity contribution in [3.63, 3.8) is 0 Å². The van der Waals surface area contributed by atoms with E-state index in [9.17, 15) is 43.5 Å². The molecule has 1 unspecified atom stereocenters. The van der Waals surface area contributed by atoms with Gasteiger partial charge in [0.2, 0.25) is 41.4 Å². The summed E-state index contributed by atoms with van der Waals surface area (Å²) in [5.74, 6) is -8.57. The summed E-state index contributed by atoms with van der Waals surface area (Å²) in [5, 5.41) is 58.9. The summed E-state index contributed by atoms with van der Waals surface area (Å²) in [5.41, 5.74) is 24.2. The fraction of sp³-hybridized carbons (Fsp3) is 0.468. The third-order valence-corrected chi connectivity index (χ3v) is 13.0. The second-order valence-corrected chi connectivity index (χ2v) is 19.8. The van der Waals surface area contributed by atoms with Crippen LogP contribution in [0.2, 0.25) is 0 Å². The maximum atomic E-state index is 14.6. The summed E-state index contributed by atoms with van der Waals surface area (Å²) < 4.78 is 0. The number of fused-ring (bicyclic) bond motifs is 1. The fourth-order valence-electron chi connectivity index (χ4n) is 7.48. The fourth-order valence-corrected chi connectivity index (χ4v) is 8.52. The van der Waals surface area contributed by atoms with Crippen LogP contribution in [0.4, 0.5) is 0 Å². The van der Waals surface area contributed by atoms with E-state index in [1.54, 1.807) is 54.7 Å². The molecule has 23 N–H and O–H groups in total. The van der Waals surface area contributed by atoms with Crippen LogP contribution >= 0.6 is 41.2 Å². The molecular formula is C47H71BrN18O9S2. The lowest BCUT2D eigenvalue weighted by molar-refractivity contribution is -0.141. The van der Waals surface area contributed by atoms with Gasteiger partial charge in [-0.05, 0) is 56.2 Å². The molecule has 3 rings (SSSR count). The smallest absolute Gasteiger partial charge is 0.327 e. The average Bonchev–Trinajstić information content (AvgIpc) is 3.79. The Kier molecular flexibility index (Phi) is 27.4. The van der Waals surface area contributed by atoms with Crippen LogP contribution in [0.25, 0.3) is 10.9 Å². The second kappa shape index (κ2) is 33.0. The lowest BCUT2D eigenvalue weighted by Gasteiger charge is -2.28. The monoisotopic (exact) mass is 1170 g/mol. The van der Waals surface area contributed by atoms with Crippen LogP contribution in [0.1, 0.15) is 50.2 Å². The highest BCUT2D eigenvalue weighted by atomic mass is 79.9. The van der Waals surface area contributed by atoms with Gasteiger partial charge in [-0.15, -0.1) is 0 Å². The van der Waals surface area contributed by atoms with Gasteiger partial charge in [0.1, 0.15) is 42.3 Å². The van der Waals surface area contributed by atoms with Crippen molar-refractivity contribution in [2.45, 2.75) is 105 Å². The number of amides is 7. The number of hydrogen-bond donors (Lipinski definition) is 21. The number of carbonyl (C=O) groups is 8. The highest BCUT2D eigenvalue weighted by molar-refractivity contribution is 9.09. The van der Waals surface area contributed by atoms with Gasteiger partial charge in [-0.3, -0.25) is 49.8 Å². The Labute approximate surface area is 464 Å². The summed E-state index contributed by atoms with van der Waals surface area (Å²) >= 11 is 11.7. The first-order chi connectivity index (χ1) is 36.5. The van der Waals surface area contributed by atoms with Crippen LogP contribution in [0.5, 0.6) is 0 Å². The molecule has 422 valence electrons. The zero-order valence-electron chi connectivity index (χ0n) is 42.2. The minimum atomic E-state index is -1.47. The van der Waals surface area contributed by atoms with Gasteiger partial charge < -0.3 is 86.2 Å². The van der Waals surface area contributed by atoms with E-state index < -0.39 is 100 Å². The predicted molar refractivity (Wildman–Crippen MR) is 300 cm³/mol. The molecule has 0 aliphatic carbocycles. The Morgan fingerprint density at radius 2 is 1.08 bits per heavy atom. The van der Waals surface area contributed by atoms with Crippen molar-refractivity contribution in [2.75, 3.05) is 31.1 Å². The number of benzene rings is 2. The number of H-pyrrole nitrogens is 1. The number of aromatic amines is 1. The first-order valence-corrected chi connectivity index (χ1v) is 26.5. The number of para-hydroxylation sites is 1. The molecule has 1 aromatic heterocycles. The SMILES string of the molecule is C[C@@H](NC(=O)[C@H](CS)NC(=O)[C@@H](N)CCCNC(=N)N)C(=O)N[C@@H](CCCNC(=N)N)C(=O)N[C@H](Cc1ccccc1)C(=O)N[C@H](CC(Br)CNC(=N)N)C(=O)N[C@H](Cc1c[nH]c2ccccc12)C(=O)N[C@@H](CS)C(=O)O. The Balaban J connectivity index is 1.94. The molecule has 0 aliphatic rings. The van der Waals surface area contributed by atoms with Gasteiger partial charge in [0.25, 0.3) is 0 Å². The maximum Gasteiger partial charge on any atom is 0.327 e. The molecule has 0 bridgehead atoms. The lowest BCUT2D eigenvalue weighted by Crippen LogP contribution is -2.60. The summed E-state index contributed by atoms with van der Waals surface area (Å²) in [6.07, 6.45) is 1.86. The van der Waals surface area contributed by atoms with Gasteiger partial charge in [-0.2, -0.15) is 25.3 Å². The highest BCUT2D eigenvalue weighted by Gasteiger charge is 2.35. The number of halogens is 1. The number of carbonyl (C=O) groups excluding carboxylic acids is 7. The summed E-state index contributed by atoms with van der Waals surface area (Å²) in [6, 6.07) is 5.07. The van der Waals surface area contributed by atoms with Gasteiger partial charge in [0.05, 0.1) is 6.04 Å². The van der Waals surface area contributed by atoms with Crippen LogP contribution in [0, 0.1) is 16.2 Å². The number of carboxylic acids is 1. The number of nitrogens with one attached hydrogen (secondary N) is 14. The van der Waals surface area contributed by atoms with E-state index >= 15 is 0 Å². The number of aliphatic carboxylic acids is 1. The average molecular weight is 1180 g/mol. The molecule has 1 heterocycles. The minimum absolute atomic E-state index is 0.000377. The van der Waals surface area contributed by atoms with E-state index in [1.807, 2.05) is 6.07 Å². The van der Waals surface area contributed by atoms with E-state index in [1.165, 1.54) is 6.92 Å². The second-order valence-electron chi connectivity index (χ2n) is 17.8. The van der Waals surface area contributed by atoms with Crippen molar-refractivity contribution >= 4 is 117 Å². The Hall–Kier alpha value is -7.31. The normalized spacial score (nSPS) is 14.5. The molecule has 0 spiro atoms. The van der Waals surface area contributed by atoms with Crippen LogP contribution < -0.4 is 76.1 Å². The molecule has 0 aliphatic heterocycles. The van der Waals surface area contributed by atoms with Crippen LogP contribution in [-0.2, 0) is 51.2 Å². The summed E-state index contributed by atoms with van der Waals surface area (Å²) in [4.78, 5) is 112. The Morgan fingerprint density at radius 1 is 0.597 bits per heavy atom. The number of hydrogen-bond acceptors (Lipinski definition) is 14. The highest BCUT2D eigenvalue weighted by Crippen LogP contribution is 2.20. The minimum Gasteiger partial charge on any atom is -0.480 e. The number of nitrogens with two attached hydrogens (primary N) is 4. The van der Waals surface area contributed by atoms with Gasteiger partial charge in [-0.1, -0.05) is 64.5 Å². The number of carboxylic acid groups (broad SMARTS) is 1. The van der Waals surface area contributed by atoms with E-state index in [0.29, 0.717) is 24.1 Å². The standard InChI is InChI=1S/C47H71BrN18O9S2/c1-24(60-43(73)35(22-76)65-38(68)29(49)12-7-15-56-45(50)51)37(67)61-31(14-8-16-57-46(52)53)39(69)62-32(17-25-9-3-2-4-10-25)40(70)64-34(19-27(48)21-59-47(54)55)42(72)63-33(41(71)66-36(23-77)44(74)75)18-26-20-58-30-13-6-5-11-28(26)30/h2-6,9-11,13,20,24,27,29,31-36,58,76-77H,7-8,12,14-19,21-23,49H2,1H3,(H,60,73)(H,61,67)(H,62,69)(H,63,72)(H,64,70)(H,65,68)(H,66,71)(H,74,75)(H4,50,51,56)(H4,52,53,57)(H4,54,55,59)/t24-,27?,29+,31+,32-,33-,34-,35+,36+/m1/s1. The van der Waals surface area contributed by atoms with Crippen LogP contribution in [0.3, 0.4) is 0 Å². The summed E-state index contributed by atoms with van der Waals surface area (Å²) in [6.45, 7) is 1.73. The number of aromatic nitrogens is 1. The molecule has 9 atom stereocenters. The van der Waals surface area contributed by atoms with E-state index in [4.69, 9.17) is 39.2 Å². The van der Waals surface area contributed by atoms with Crippen molar-refractivity contribution in [2.24, 2.45) is 22.9 Å². The molecule has 27 nitrogen and oxygen atoms in total. The van der Waals surface area contributed by atoms with Crippen molar-refractivity contribution in [3.05, 3.63) is 71.9 Å². The van der Waals surface area contributed by atoms with Gasteiger partial charge in [0.15, 0.2) is 17.9 Å². The van der Waals surface area contributed by atoms with Crippen molar-refractivity contribution in [1.29, 1.82) is 16.2 Å². The molecule has 3 aromatic rings. The van der Waals surface area contributed by atoms with Crippen molar-refractivity contribution in [1.82, 2.24) is 58.2 Å². The Bertz CT molecular complexity index is 2530. The topological polar surface area (TPSA) is 469 Å². The first-order valence-electron chi connectivity index (χ1n) is 24.3. The van der Waals surface area contributed by atoms with E-state index in [0.717, 1.165) is 10.9 Å². The van der Waals surface area contributed by atoms with Crippen LogP contribution in [-0.4, -0.2) is 160 Å². The van der Waals surface area contributed by atoms with E-state index in [-0.39, 0.29) is 81.0 Å². The molecule has 77 heavy (non-hydrogen) atoms.